The van der Waals surface area contributed by atoms with Crippen LogP contribution in [0.1, 0.15) is 36.3 Å². The van der Waals surface area contributed by atoms with E-state index in [9.17, 15) is 0 Å². The Morgan fingerprint density at radius 3 is 2.46 bits per heavy atom. The summed E-state index contributed by atoms with van der Waals surface area (Å²) >= 11 is 3.71. The van der Waals surface area contributed by atoms with E-state index in [1.54, 1.807) is 16.7 Å². The summed E-state index contributed by atoms with van der Waals surface area (Å²) in [4.78, 5) is 0. The predicted octanol–water partition coefficient (Wildman–Crippen LogP) is 3.94. The average molecular weight is 235 g/mol. The van der Waals surface area contributed by atoms with Crippen molar-refractivity contribution in [1.29, 1.82) is 0 Å². The molecule has 1 heteroatoms. The van der Waals surface area contributed by atoms with Crippen LogP contribution in [0.3, 0.4) is 0 Å². The molecule has 0 fully saturated rings. The summed E-state index contributed by atoms with van der Waals surface area (Å²) in [6, 6.07) is 8.85. The third-order valence-corrected chi connectivity index (χ3v) is 4.60. The van der Waals surface area contributed by atoms with Crippen molar-refractivity contribution in [2.24, 2.45) is 0 Å². The fourth-order valence-electron chi connectivity index (χ4n) is 2.73. The predicted molar refractivity (Wildman–Crippen MR) is 58.2 cm³/mol. The first-order valence-corrected chi connectivity index (χ1v) is 5.53. The van der Waals surface area contributed by atoms with Crippen LogP contribution in [0.5, 0.6) is 0 Å². The van der Waals surface area contributed by atoms with Crippen molar-refractivity contribution < 1.29 is 0 Å². The van der Waals surface area contributed by atoms with Gasteiger partial charge in [0.15, 0.2) is 0 Å². The number of hydrogen-bond donors (Lipinski definition) is 0. The summed E-state index contributed by atoms with van der Waals surface area (Å²) in [7, 11) is 0. The molecule has 1 aromatic carbocycles. The third-order valence-electron chi connectivity index (χ3n) is 3.42. The van der Waals surface area contributed by atoms with Gasteiger partial charge in [0, 0.05) is 16.3 Å². The number of benzene rings is 1. The highest BCUT2D eigenvalue weighted by Crippen LogP contribution is 2.57. The molecule has 0 saturated heterocycles. The van der Waals surface area contributed by atoms with Crippen LogP contribution < -0.4 is 0 Å². The minimum absolute atomic E-state index is 0.668. The molecule has 2 aliphatic carbocycles. The summed E-state index contributed by atoms with van der Waals surface area (Å²) < 4.78 is 1.44. The van der Waals surface area contributed by atoms with Crippen LogP contribution in [0, 0.1) is 0 Å². The molecule has 0 N–H and O–H groups in total. The molecule has 0 aliphatic heterocycles. The Morgan fingerprint density at radius 1 is 1.15 bits per heavy atom. The minimum atomic E-state index is 0.668. The van der Waals surface area contributed by atoms with E-state index in [-0.39, 0.29) is 0 Å². The molecular weight excluding hydrogens is 224 g/mol. The Labute approximate surface area is 86.8 Å². The first-order chi connectivity index (χ1) is 6.29. The van der Waals surface area contributed by atoms with Crippen molar-refractivity contribution in [2.45, 2.75) is 25.2 Å². The highest BCUT2D eigenvalue weighted by molar-refractivity contribution is 9.11. The summed E-state index contributed by atoms with van der Waals surface area (Å²) in [5.41, 5.74) is 4.65. The molecule has 0 amide bonds. The molecule has 2 unspecified atom stereocenters. The van der Waals surface area contributed by atoms with Gasteiger partial charge < -0.3 is 0 Å². The van der Waals surface area contributed by atoms with Crippen LogP contribution >= 0.6 is 15.9 Å². The second-order valence-electron chi connectivity index (χ2n) is 4.00. The Morgan fingerprint density at radius 2 is 1.77 bits per heavy atom. The van der Waals surface area contributed by atoms with Gasteiger partial charge in [0.05, 0.1) is 0 Å². The van der Waals surface area contributed by atoms with Crippen LogP contribution in [0.15, 0.2) is 34.3 Å². The number of hydrogen-bond acceptors (Lipinski definition) is 0. The van der Waals surface area contributed by atoms with Crippen molar-refractivity contribution >= 4 is 15.9 Å². The van der Waals surface area contributed by atoms with E-state index >= 15 is 0 Å². The fourth-order valence-corrected chi connectivity index (χ4v) is 3.44. The zero-order chi connectivity index (χ0) is 9.00. The Balaban J connectivity index is 2.24. The van der Waals surface area contributed by atoms with Gasteiger partial charge in [-0.05, 0) is 24.5 Å². The number of allylic oxidation sites excluding steroid dienone is 2. The van der Waals surface area contributed by atoms with Gasteiger partial charge >= 0.3 is 0 Å². The maximum atomic E-state index is 3.71. The fraction of sp³-hybridized carbons (Fsp3) is 0.333. The first kappa shape index (κ1) is 7.81. The zero-order valence-corrected chi connectivity index (χ0v) is 9.14. The van der Waals surface area contributed by atoms with E-state index in [0.717, 1.165) is 0 Å². The minimum Gasteiger partial charge on any atom is -0.0620 e. The Hall–Kier alpha value is -0.560. The summed E-state index contributed by atoms with van der Waals surface area (Å²) in [5, 5.41) is 0. The molecule has 0 nitrogen and oxygen atoms in total. The lowest BCUT2D eigenvalue weighted by Gasteiger charge is -2.16. The summed E-state index contributed by atoms with van der Waals surface area (Å²) in [6.07, 6.45) is 1.30. The van der Waals surface area contributed by atoms with Gasteiger partial charge in [-0.2, -0.15) is 0 Å². The third kappa shape index (κ3) is 0.859. The van der Waals surface area contributed by atoms with Crippen LogP contribution in [0.25, 0.3) is 0 Å². The molecule has 0 radical (unpaired) electrons. The van der Waals surface area contributed by atoms with E-state index in [1.165, 1.54) is 10.9 Å². The molecule has 13 heavy (non-hydrogen) atoms. The lowest BCUT2D eigenvalue weighted by atomic mass is 9.92. The zero-order valence-electron chi connectivity index (χ0n) is 7.55. The van der Waals surface area contributed by atoms with Crippen molar-refractivity contribution in [3.63, 3.8) is 0 Å². The van der Waals surface area contributed by atoms with E-state index in [4.69, 9.17) is 0 Å². The maximum absolute atomic E-state index is 3.71. The Kier molecular flexibility index (Phi) is 1.49. The van der Waals surface area contributed by atoms with Crippen molar-refractivity contribution in [2.75, 3.05) is 0 Å². The standard InChI is InChI=1S/C12H11Br/c1-7-10-6-11(12(7)13)9-5-3-2-4-8(9)10/h2-5,10-11H,6H2,1H3. The molecule has 3 rings (SSSR count). The maximum Gasteiger partial charge on any atom is 0.0167 e. The van der Waals surface area contributed by atoms with Crippen LogP contribution in [0.2, 0.25) is 0 Å². The number of fused-ring (bicyclic) bond motifs is 5. The quantitative estimate of drug-likeness (QED) is 0.638. The van der Waals surface area contributed by atoms with Gasteiger partial charge in [0.2, 0.25) is 0 Å². The van der Waals surface area contributed by atoms with Crippen LogP contribution in [-0.2, 0) is 0 Å². The van der Waals surface area contributed by atoms with Gasteiger partial charge in [0.1, 0.15) is 0 Å². The molecule has 2 atom stereocenters. The monoisotopic (exact) mass is 234 g/mol. The van der Waals surface area contributed by atoms with E-state index in [1.807, 2.05) is 0 Å². The topological polar surface area (TPSA) is 0 Å². The molecule has 0 aromatic heterocycles. The lowest BCUT2D eigenvalue weighted by Crippen LogP contribution is -1.98. The summed E-state index contributed by atoms with van der Waals surface area (Å²) in [5.74, 6) is 1.37. The smallest absolute Gasteiger partial charge is 0.0167 e. The van der Waals surface area contributed by atoms with Crippen LogP contribution in [0.4, 0.5) is 0 Å². The second kappa shape index (κ2) is 2.48. The molecule has 0 saturated carbocycles. The Bertz CT molecular complexity index is 366. The van der Waals surface area contributed by atoms with E-state index < -0.39 is 0 Å². The normalized spacial score (nSPS) is 29.7. The number of halogens is 1. The number of rotatable bonds is 0. The largest absolute Gasteiger partial charge is 0.0620 e. The molecular formula is C12H11Br. The van der Waals surface area contributed by atoms with Gasteiger partial charge in [0.25, 0.3) is 0 Å². The van der Waals surface area contributed by atoms with Crippen molar-refractivity contribution in [3.8, 4) is 0 Å². The average Bonchev–Trinajstić information content (AvgIpc) is 2.66. The highest BCUT2D eigenvalue weighted by Gasteiger charge is 2.40. The SMILES string of the molecule is CC1=C(Br)C2CC1c1ccccc12. The lowest BCUT2D eigenvalue weighted by molar-refractivity contribution is 0.783. The van der Waals surface area contributed by atoms with Crippen LogP contribution in [-0.4, -0.2) is 0 Å². The first-order valence-electron chi connectivity index (χ1n) is 4.74. The second-order valence-corrected chi connectivity index (χ2v) is 4.86. The molecule has 2 aliphatic rings. The van der Waals surface area contributed by atoms with E-state index in [0.29, 0.717) is 11.8 Å². The molecule has 0 heterocycles. The van der Waals surface area contributed by atoms with Gasteiger partial charge in [-0.25, -0.2) is 0 Å². The molecule has 0 spiro atoms. The van der Waals surface area contributed by atoms with Crippen molar-refractivity contribution in [1.82, 2.24) is 0 Å². The molecule has 2 bridgehead atoms. The van der Waals surface area contributed by atoms with Gasteiger partial charge in [-0.15, -0.1) is 0 Å². The molecule has 1 aromatic rings. The summed E-state index contributed by atoms with van der Waals surface area (Å²) in [6.45, 7) is 2.25. The van der Waals surface area contributed by atoms with Crippen molar-refractivity contribution in [3.05, 3.63) is 45.4 Å². The van der Waals surface area contributed by atoms with Gasteiger partial charge in [-0.1, -0.05) is 45.8 Å². The highest BCUT2D eigenvalue weighted by atomic mass is 79.9. The van der Waals surface area contributed by atoms with E-state index in [2.05, 4.69) is 47.1 Å². The van der Waals surface area contributed by atoms with Gasteiger partial charge in [-0.3, -0.25) is 0 Å². The molecule has 66 valence electrons.